The van der Waals surface area contributed by atoms with Crippen LogP contribution in [0.5, 0.6) is 0 Å². The topological polar surface area (TPSA) is 104 Å². The summed E-state index contributed by atoms with van der Waals surface area (Å²) in [7, 11) is 0. The minimum Gasteiger partial charge on any atom is -0.300 e. The van der Waals surface area contributed by atoms with Gasteiger partial charge in [-0.05, 0) is 0 Å². The van der Waals surface area contributed by atoms with Gasteiger partial charge in [0.2, 0.25) is 5.43 Å². The van der Waals surface area contributed by atoms with E-state index in [9.17, 15) is 14.9 Å². The largest absolute Gasteiger partial charge is 0.300 e. The van der Waals surface area contributed by atoms with Crippen LogP contribution in [-0.2, 0) is 0 Å². The van der Waals surface area contributed by atoms with E-state index >= 15 is 0 Å². The van der Waals surface area contributed by atoms with Crippen LogP contribution in [0.2, 0.25) is 0 Å². The van der Waals surface area contributed by atoms with Crippen molar-refractivity contribution in [2.45, 2.75) is 0 Å². The van der Waals surface area contributed by atoms with E-state index in [4.69, 9.17) is 5.26 Å². The maximum Gasteiger partial charge on any atom is 0.289 e. The first kappa shape index (κ1) is 8.96. The Hall–Kier alpha value is -2.62. The summed E-state index contributed by atoms with van der Waals surface area (Å²) >= 11 is 0. The molecular weight excluding hydrogens is 200 g/mol. The summed E-state index contributed by atoms with van der Waals surface area (Å²) in [6.45, 7) is 0. The zero-order valence-electron chi connectivity index (χ0n) is 7.30. The quantitative estimate of drug-likeness (QED) is 0.536. The average Bonchev–Trinajstić information content (AvgIpc) is 2.63. The molecule has 0 unspecified atom stereocenters. The Balaban J connectivity index is 2.84. The molecule has 1 N–H and O–H groups in total. The van der Waals surface area contributed by atoms with Gasteiger partial charge in [0.05, 0.1) is 4.92 Å². The number of hydrogen-bond acceptors (Lipinski definition) is 4. The van der Waals surface area contributed by atoms with Gasteiger partial charge in [0.1, 0.15) is 23.3 Å². The number of aromatic amines is 1. The van der Waals surface area contributed by atoms with Crippen molar-refractivity contribution in [2.24, 2.45) is 0 Å². The lowest BCUT2D eigenvalue weighted by molar-refractivity contribution is -0.384. The fraction of sp³-hybridized carbons (Fsp3) is 0. The third kappa shape index (κ3) is 1.24. The Morgan fingerprint density at radius 3 is 2.93 bits per heavy atom. The number of nitriles is 1. The molecule has 7 nitrogen and oxygen atoms in total. The van der Waals surface area contributed by atoms with E-state index in [-0.39, 0.29) is 16.8 Å². The summed E-state index contributed by atoms with van der Waals surface area (Å²) < 4.78 is 1.21. The van der Waals surface area contributed by atoms with Gasteiger partial charge in [0.15, 0.2) is 0 Å². The molecule has 0 aliphatic heterocycles. The third-order valence-corrected chi connectivity index (χ3v) is 1.96. The van der Waals surface area contributed by atoms with Crippen molar-refractivity contribution in [3.63, 3.8) is 0 Å². The Bertz CT molecular complexity index is 646. The number of H-pyrrole nitrogens is 1. The van der Waals surface area contributed by atoms with Crippen LogP contribution in [0, 0.1) is 21.4 Å². The zero-order valence-corrected chi connectivity index (χ0v) is 7.30. The lowest BCUT2D eigenvalue weighted by Crippen LogP contribution is -2.10. The fourth-order valence-corrected chi connectivity index (χ4v) is 1.25. The standard InChI is InChI=1S/C8H4N4O3/c9-2-5-3-10-11-4-6(12(14)15)1-7(11)8(5)13/h1,3-4,10H. The molecule has 0 aliphatic rings. The zero-order chi connectivity index (χ0) is 11.0. The number of nitro groups is 1. The number of nitrogens with one attached hydrogen (secondary N) is 1. The number of aromatic nitrogens is 2. The summed E-state index contributed by atoms with van der Waals surface area (Å²) in [6, 6.07) is 2.82. The fourth-order valence-electron chi connectivity index (χ4n) is 1.25. The van der Waals surface area contributed by atoms with Gasteiger partial charge in [-0.3, -0.25) is 24.5 Å². The van der Waals surface area contributed by atoms with Crippen LogP contribution >= 0.6 is 0 Å². The average molecular weight is 204 g/mol. The first-order valence-corrected chi connectivity index (χ1v) is 3.92. The molecule has 2 aromatic heterocycles. The molecule has 0 radical (unpaired) electrons. The predicted octanol–water partition coefficient (Wildman–Crippen LogP) is 0.407. The summed E-state index contributed by atoms with van der Waals surface area (Å²) in [5.41, 5.74) is -0.709. The highest BCUT2D eigenvalue weighted by atomic mass is 16.6. The molecule has 0 aliphatic carbocycles. The molecule has 2 heterocycles. The van der Waals surface area contributed by atoms with E-state index in [1.807, 2.05) is 0 Å². The molecule has 2 aromatic rings. The normalized spacial score (nSPS) is 10.1. The van der Waals surface area contributed by atoms with Crippen molar-refractivity contribution in [1.29, 1.82) is 5.26 Å². The van der Waals surface area contributed by atoms with Crippen molar-refractivity contribution >= 4 is 11.2 Å². The molecule has 0 amide bonds. The highest BCUT2D eigenvalue weighted by molar-refractivity contribution is 5.56. The molecular formula is C8H4N4O3. The highest BCUT2D eigenvalue weighted by Gasteiger charge is 2.13. The number of hydrogen-bond donors (Lipinski definition) is 1. The molecule has 74 valence electrons. The van der Waals surface area contributed by atoms with Crippen molar-refractivity contribution in [1.82, 2.24) is 9.61 Å². The summed E-state index contributed by atoms with van der Waals surface area (Å²) in [5.74, 6) is 0. The van der Waals surface area contributed by atoms with Crippen LogP contribution < -0.4 is 5.43 Å². The van der Waals surface area contributed by atoms with E-state index in [0.29, 0.717) is 0 Å². The Morgan fingerprint density at radius 2 is 2.33 bits per heavy atom. The maximum atomic E-state index is 11.5. The van der Waals surface area contributed by atoms with Crippen LogP contribution in [0.25, 0.3) is 5.52 Å². The van der Waals surface area contributed by atoms with Crippen molar-refractivity contribution in [2.75, 3.05) is 0 Å². The minimum absolute atomic E-state index is 0.0736. The molecule has 0 aromatic carbocycles. The lowest BCUT2D eigenvalue weighted by Gasteiger charge is -1.92. The van der Waals surface area contributed by atoms with Gasteiger partial charge in [-0.1, -0.05) is 0 Å². The number of rotatable bonds is 1. The molecule has 15 heavy (non-hydrogen) atoms. The number of nitrogens with zero attached hydrogens (tertiary/aromatic N) is 3. The second kappa shape index (κ2) is 2.95. The highest BCUT2D eigenvalue weighted by Crippen LogP contribution is 2.13. The van der Waals surface area contributed by atoms with Crippen LogP contribution in [-0.4, -0.2) is 14.5 Å². The van der Waals surface area contributed by atoms with Crippen LogP contribution in [0.4, 0.5) is 5.69 Å². The summed E-state index contributed by atoms with van der Waals surface area (Å²) in [4.78, 5) is 21.4. The second-order valence-electron chi connectivity index (χ2n) is 2.84. The van der Waals surface area contributed by atoms with Crippen LogP contribution in [0.15, 0.2) is 23.3 Å². The molecule has 0 spiro atoms. The molecule has 0 saturated carbocycles. The van der Waals surface area contributed by atoms with Gasteiger partial charge in [-0.2, -0.15) is 5.26 Å². The Kier molecular flexibility index (Phi) is 1.76. The molecule has 0 fully saturated rings. The lowest BCUT2D eigenvalue weighted by atomic mass is 10.3. The molecule has 0 saturated heterocycles. The summed E-state index contributed by atoms with van der Waals surface area (Å²) in [6.07, 6.45) is 2.39. The van der Waals surface area contributed by atoms with Gasteiger partial charge in [0, 0.05) is 12.3 Å². The Morgan fingerprint density at radius 1 is 1.60 bits per heavy atom. The second-order valence-corrected chi connectivity index (χ2v) is 2.84. The van der Waals surface area contributed by atoms with Gasteiger partial charge in [0.25, 0.3) is 5.69 Å². The summed E-state index contributed by atoms with van der Waals surface area (Å²) in [5, 5.41) is 21.6. The molecule has 0 bridgehead atoms. The predicted molar refractivity (Wildman–Crippen MR) is 49.4 cm³/mol. The number of fused-ring (bicyclic) bond motifs is 1. The molecule has 0 atom stereocenters. The monoisotopic (exact) mass is 204 g/mol. The third-order valence-electron chi connectivity index (χ3n) is 1.96. The van der Waals surface area contributed by atoms with E-state index in [1.54, 1.807) is 6.07 Å². The van der Waals surface area contributed by atoms with E-state index in [2.05, 4.69) is 5.10 Å². The van der Waals surface area contributed by atoms with Crippen molar-refractivity contribution in [3.8, 4) is 6.07 Å². The van der Waals surface area contributed by atoms with Crippen molar-refractivity contribution in [3.05, 3.63) is 44.4 Å². The van der Waals surface area contributed by atoms with E-state index in [1.165, 1.54) is 16.9 Å². The van der Waals surface area contributed by atoms with Crippen molar-refractivity contribution < 1.29 is 4.92 Å². The van der Waals surface area contributed by atoms with Gasteiger partial charge < -0.3 is 0 Å². The smallest absolute Gasteiger partial charge is 0.289 e. The first-order chi connectivity index (χ1) is 7.13. The van der Waals surface area contributed by atoms with Crippen LogP contribution in [0.1, 0.15) is 5.56 Å². The van der Waals surface area contributed by atoms with Gasteiger partial charge in [-0.25, -0.2) is 0 Å². The molecule has 2 rings (SSSR count). The first-order valence-electron chi connectivity index (χ1n) is 3.92. The Labute approximate surface area is 82.3 Å². The minimum atomic E-state index is -0.605. The van der Waals surface area contributed by atoms with E-state index in [0.717, 1.165) is 6.07 Å². The van der Waals surface area contributed by atoms with E-state index < -0.39 is 10.4 Å². The SMILES string of the molecule is N#Cc1c[nH]n2cc([N+](=O)[O-])cc2c1=O. The van der Waals surface area contributed by atoms with Gasteiger partial charge in [-0.15, -0.1) is 0 Å². The van der Waals surface area contributed by atoms with Gasteiger partial charge >= 0.3 is 0 Å². The maximum absolute atomic E-state index is 11.5. The van der Waals surface area contributed by atoms with Crippen LogP contribution in [0.3, 0.4) is 0 Å². The molecule has 7 heteroatoms.